The Hall–Kier alpha value is -2.17. The summed E-state index contributed by atoms with van der Waals surface area (Å²) in [5.41, 5.74) is 3.52. The molecule has 2 aromatic rings. The summed E-state index contributed by atoms with van der Waals surface area (Å²) in [5, 5.41) is 0. The van der Waals surface area contributed by atoms with Crippen LogP contribution in [-0.2, 0) is 6.61 Å². The Labute approximate surface area is 108 Å². The summed E-state index contributed by atoms with van der Waals surface area (Å²) in [5.74, 6) is 0.605. The first kappa shape index (κ1) is 11.9. The lowest BCUT2D eigenvalue weighted by molar-refractivity contribution is -0.0499. The van der Waals surface area contributed by atoms with Crippen molar-refractivity contribution in [2.45, 2.75) is 20.1 Å². The maximum atomic E-state index is 12.2. The van der Waals surface area contributed by atoms with E-state index in [0.29, 0.717) is 12.4 Å². The van der Waals surface area contributed by atoms with Gasteiger partial charge >= 0.3 is 6.61 Å². The van der Waals surface area contributed by atoms with Crippen LogP contribution in [-0.4, -0.2) is 11.6 Å². The Kier molecular flexibility index (Phi) is 2.81. The average molecular weight is 263 g/mol. The molecule has 0 bridgehead atoms. The van der Waals surface area contributed by atoms with Crippen molar-refractivity contribution >= 4 is 0 Å². The van der Waals surface area contributed by atoms with Crippen molar-refractivity contribution in [3.05, 3.63) is 41.6 Å². The second-order valence-electron chi connectivity index (χ2n) is 4.29. The normalized spacial score (nSPS) is 12.6. The fourth-order valence-electron chi connectivity index (χ4n) is 2.08. The number of ether oxygens (including phenoxy) is 2. The van der Waals surface area contributed by atoms with Gasteiger partial charge in [0, 0.05) is 22.9 Å². The molecule has 19 heavy (non-hydrogen) atoms. The minimum Gasteiger partial charge on any atom is -0.488 e. The van der Waals surface area contributed by atoms with Crippen molar-refractivity contribution in [2.75, 3.05) is 0 Å². The zero-order valence-electron chi connectivity index (χ0n) is 10.2. The van der Waals surface area contributed by atoms with Gasteiger partial charge in [0.1, 0.15) is 18.1 Å². The van der Waals surface area contributed by atoms with E-state index in [9.17, 15) is 8.78 Å². The third-order valence-electron chi connectivity index (χ3n) is 2.93. The molecule has 98 valence electrons. The van der Waals surface area contributed by atoms with Crippen LogP contribution in [0.25, 0.3) is 11.3 Å². The summed E-state index contributed by atoms with van der Waals surface area (Å²) in [6.45, 7) is -0.549. The van der Waals surface area contributed by atoms with Crippen molar-refractivity contribution in [3.63, 3.8) is 0 Å². The Balaban J connectivity index is 2.05. The molecule has 0 fully saturated rings. The number of halogens is 2. The molecule has 1 aliphatic rings. The zero-order chi connectivity index (χ0) is 13.4. The number of aryl methyl sites for hydroxylation is 1. The number of nitrogens with zero attached hydrogens (tertiary/aromatic N) is 1. The van der Waals surface area contributed by atoms with Gasteiger partial charge in [-0.15, -0.1) is 0 Å². The third-order valence-corrected chi connectivity index (χ3v) is 2.93. The monoisotopic (exact) mass is 263 g/mol. The average Bonchev–Trinajstić information content (AvgIpc) is 2.37. The number of hydrogen-bond donors (Lipinski definition) is 0. The number of alkyl halides is 2. The number of benzene rings is 1. The van der Waals surface area contributed by atoms with Gasteiger partial charge in [-0.2, -0.15) is 8.78 Å². The zero-order valence-corrected chi connectivity index (χ0v) is 10.2. The fourth-order valence-corrected chi connectivity index (χ4v) is 2.08. The molecule has 0 aliphatic carbocycles. The highest BCUT2D eigenvalue weighted by atomic mass is 19.3. The lowest BCUT2D eigenvalue weighted by Crippen LogP contribution is -2.08. The second-order valence-corrected chi connectivity index (χ2v) is 4.29. The Morgan fingerprint density at radius 2 is 2.11 bits per heavy atom. The van der Waals surface area contributed by atoms with Gasteiger partial charge in [0.25, 0.3) is 0 Å². The predicted molar refractivity (Wildman–Crippen MR) is 65.4 cm³/mol. The maximum absolute atomic E-state index is 12.2. The van der Waals surface area contributed by atoms with E-state index in [2.05, 4.69) is 9.72 Å². The summed E-state index contributed by atoms with van der Waals surface area (Å²) in [6.07, 6.45) is 0. The highest BCUT2D eigenvalue weighted by molar-refractivity contribution is 5.72. The smallest absolute Gasteiger partial charge is 0.387 e. The Bertz CT molecular complexity index is 629. The molecule has 0 N–H and O–H groups in total. The van der Waals surface area contributed by atoms with E-state index < -0.39 is 6.61 Å². The first-order valence-electron chi connectivity index (χ1n) is 5.82. The fraction of sp³-hybridized carbons (Fsp3) is 0.214. The highest BCUT2D eigenvalue weighted by Gasteiger charge is 2.19. The topological polar surface area (TPSA) is 31.4 Å². The molecule has 0 saturated carbocycles. The van der Waals surface area contributed by atoms with Crippen molar-refractivity contribution in [1.82, 2.24) is 4.98 Å². The van der Waals surface area contributed by atoms with Crippen LogP contribution in [0.1, 0.15) is 11.3 Å². The number of fused-ring (bicyclic) bond motifs is 3. The molecule has 0 atom stereocenters. The molecule has 5 heteroatoms. The first-order chi connectivity index (χ1) is 9.13. The number of rotatable bonds is 2. The molecule has 0 unspecified atom stereocenters. The number of pyridine rings is 1. The molecule has 0 spiro atoms. The van der Waals surface area contributed by atoms with Crippen LogP contribution in [0.2, 0.25) is 0 Å². The number of hydrogen-bond acceptors (Lipinski definition) is 3. The largest absolute Gasteiger partial charge is 0.488 e. The lowest BCUT2D eigenvalue weighted by atomic mass is 10.0. The second kappa shape index (κ2) is 4.50. The van der Waals surface area contributed by atoms with Gasteiger partial charge in [-0.3, -0.25) is 4.98 Å². The SMILES string of the molecule is Cc1ccc2c(n1)-c1ccc(OC(F)F)cc1OC2. The molecule has 3 rings (SSSR count). The van der Waals surface area contributed by atoms with Crippen LogP contribution in [0, 0.1) is 6.92 Å². The standard InChI is InChI=1S/C14H11F2NO2/c1-8-2-3-9-7-18-12-6-10(19-14(15)16)4-5-11(12)13(9)17-8/h2-6,14H,7H2,1H3. The van der Waals surface area contributed by atoms with E-state index in [4.69, 9.17) is 4.74 Å². The van der Waals surface area contributed by atoms with Crippen molar-refractivity contribution in [1.29, 1.82) is 0 Å². The summed E-state index contributed by atoms with van der Waals surface area (Å²) in [6, 6.07) is 8.53. The van der Waals surface area contributed by atoms with E-state index in [1.807, 2.05) is 19.1 Å². The molecule has 1 aliphatic heterocycles. The van der Waals surface area contributed by atoms with Gasteiger partial charge in [-0.1, -0.05) is 6.07 Å². The van der Waals surface area contributed by atoms with Gasteiger partial charge in [0.15, 0.2) is 0 Å². The van der Waals surface area contributed by atoms with Crippen LogP contribution in [0.15, 0.2) is 30.3 Å². The molecule has 2 heterocycles. The lowest BCUT2D eigenvalue weighted by Gasteiger charge is -2.20. The molecule has 0 amide bonds. The Morgan fingerprint density at radius 3 is 2.89 bits per heavy atom. The molecule has 1 aromatic carbocycles. The summed E-state index contributed by atoms with van der Waals surface area (Å²) >= 11 is 0. The van der Waals surface area contributed by atoms with Gasteiger partial charge in [0.2, 0.25) is 0 Å². The van der Waals surface area contributed by atoms with E-state index in [1.165, 1.54) is 12.1 Å². The van der Waals surface area contributed by atoms with Gasteiger partial charge < -0.3 is 9.47 Å². The van der Waals surface area contributed by atoms with E-state index in [-0.39, 0.29) is 5.75 Å². The van der Waals surface area contributed by atoms with Crippen LogP contribution >= 0.6 is 0 Å². The highest BCUT2D eigenvalue weighted by Crippen LogP contribution is 2.38. The van der Waals surface area contributed by atoms with Crippen LogP contribution in [0.3, 0.4) is 0 Å². The quantitative estimate of drug-likeness (QED) is 0.830. The molecule has 1 aromatic heterocycles. The minimum absolute atomic E-state index is 0.0878. The first-order valence-corrected chi connectivity index (χ1v) is 5.82. The van der Waals surface area contributed by atoms with Crippen molar-refractivity contribution in [2.24, 2.45) is 0 Å². The predicted octanol–water partition coefficient (Wildman–Crippen LogP) is 3.55. The maximum Gasteiger partial charge on any atom is 0.387 e. The van der Waals surface area contributed by atoms with Crippen molar-refractivity contribution < 1.29 is 18.3 Å². The summed E-state index contributed by atoms with van der Waals surface area (Å²) in [4.78, 5) is 4.48. The summed E-state index contributed by atoms with van der Waals surface area (Å²) < 4.78 is 34.2. The Morgan fingerprint density at radius 1 is 1.26 bits per heavy atom. The van der Waals surface area contributed by atoms with Crippen LogP contribution in [0.5, 0.6) is 11.5 Å². The summed E-state index contributed by atoms with van der Waals surface area (Å²) in [7, 11) is 0. The van der Waals surface area contributed by atoms with E-state index in [1.54, 1.807) is 6.07 Å². The van der Waals surface area contributed by atoms with E-state index in [0.717, 1.165) is 22.5 Å². The van der Waals surface area contributed by atoms with Gasteiger partial charge in [-0.05, 0) is 25.1 Å². The van der Waals surface area contributed by atoms with E-state index >= 15 is 0 Å². The molecular formula is C14H11F2NO2. The minimum atomic E-state index is -2.84. The van der Waals surface area contributed by atoms with Crippen molar-refractivity contribution in [3.8, 4) is 22.8 Å². The molecular weight excluding hydrogens is 252 g/mol. The molecule has 0 saturated heterocycles. The third kappa shape index (κ3) is 2.23. The molecule has 0 radical (unpaired) electrons. The molecule has 3 nitrogen and oxygen atoms in total. The van der Waals surface area contributed by atoms with Crippen LogP contribution < -0.4 is 9.47 Å². The van der Waals surface area contributed by atoms with Gasteiger partial charge in [-0.25, -0.2) is 0 Å². The number of aromatic nitrogens is 1. The van der Waals surface area contributed by atoms with Crippen LogP contribution in [0.4, 0.5) is 8.78 Å². The van der Waals surface area contributed by atoms with Gasteiger partial charge in [0.05, 0.1) is 5.69 Å².